The van der Waals surface area contributed by atoms with Gasteiger partial charge in [0, 0.05) is 0 Å². The molecule has 0 bridgehead atoms. The zero-order valence-electron chi connectivity index (χ0n) is 28.6. The zero-order chi connectivity index (χ0) is 39.2. The van der Waals surface area contributed by atoms with Gasteiger partial charge in [0.15, 0.2) is 0 Å². The lowest BCUT2D eigenvalue weighted by atomic mass is 10.0. The van der Waals surface area contributed by atoms with Gasteiger partial charge >= 0.3 is 19.1 Å². The van der Waals surface area contributed by atoms with E-state index in [0.717, 1.165) is 34.9 Å². The average Bonchev–Trinajstić information content (AvgIpc) is 3.10. The molecular weight excluding hydrogens is 754 g/mol. The van der Waals surface area contributed by atoms with Gasteiger partial charge in [-0.1, -0.05) is 91.0 Å². The molecule has 284 valence electrons. The number of alkyl halides is 9. The van der Waals surface area contributed by atoms with E-state index >= 15 is 0 Å². The van der Waals surface area contributed by atoms with E-state index in [1.807, 2.05) is 0 Å². The highest BCUT2D eigenvalue weighted by Crippen LogP contribution is 2.42. The summed E-state index contributed by atoms with van der Waals surface area (Å²) in [5.74, 6) is -1.48. The standard InChI is InChI=1S/C42H30F9O3P/c43-40(44,45)52-34-16-19-37(31(25-34)22-28-10-4-1-5-11-28)55(38-20-17-35(53-41(46,47)48)26-32(38)23-29-12-6-2-7-13-29)39-21-18-36(54-42(49,50)51)27-33(39)24-30-14-8-3-9-15-30/h1-21,25-27H,22-24H2. The molecule has 6 rings (SSSR count). The van der Waals surface area contributed by atoms with Crippen molar-refractivity contribution in [3.8, 4) is 17.2 Å². The van der Waals surface area contributed by atoms with Gasteiger partial charge in [-0.3, -0.25) is 0 Å². The predicted octanol–water partition coefficient (Wildman–Crippen LogP) is 10.9. The Labute approximate surface area is 311 Å². The van der Waals surface area contributed by atoms with Gasteiger partial charge in [-0.05, 0) is 131 Å². The third kappa shape index (κ3) is 11.3. The highest BCUT2D eigenvalue weighted by Gasteiger charge is 2.35. The van der Waals surface area contributed by atoms with Crippen molar-refractivity contribution in [2.45, 2.75) is 38.3 Å². The maximum atomic E-state index is 13.5. The Morgan fingerprint density at radius 3 is 0.836 bits per heavy atom. The third-order valence-corrected chi connectivity index (χ3v) is 11.0. The summed E-state index contributed by atoms with van der Waals surface area (Å²) in [5, 5.41) is 1.52. The van der Waals surface area contributed by atoms with Crippen LogP contribution in [0.1, 0.15) is 33.4 Å². The van der Waals surface area contributed by atoms with Gasteiger partial charge in [-0.15, -0.1) is 39.5 Å². The van der Waals surface area contributed by atoms with Crippen molar-refractivity contribution in [1.82, 2.24) is 0 Å². The Morgan fingerprint density at radius 1 is 0.345 bits per heavy atom. The molecule has 0 amide bonds. The Morgan fingerprint density at radius 2 is 0.600 bits per heavy atom. The highest BCUT2D eigenvalue weighted by molar-refractivity contribution is 7.80. The normalized spacial score (nSPS) is 12.1. The van der Waals surface area contributed by atoms with Gasteiger partial charge in [0.05, 0.1) is 0 Å². The minimum absolute atomic E-state index is 0.122. The van der Waals surface area contributed by atoms with E-state index in [0.29, 0.717) is 32.6 Å². The summed E-state index contributed by atoms with van der Waals surface area (Å²) >= 11 is 0. The molecule has 0 aliphatic rings. The molecule has 0 radical (unpaired) electrons. The smallest absolute Gasteiger partial charge is 0.406 e. The number of benzene rings is 6. The molecule has 0 heterocycles. The molecule has 3 nitrogen and oxygen atoms in total. The van der Waals surface area contributed by atoms with E-state index in [2.05, 4.69) is 14.2 Å². The van der Waals surface area contributed by atoms with Crippen LogP contribution >= 0.6 is 7.92 Å². The number of hydrogen-bond acceptors (Lipinski definition) is 3. The van der Waals surface area contributed by atoms with Crippen molar-refractivity contribution in [1.29, 1.82) is 0 Å². The SMILES string of the molecule is FC(F)(F)Oc1ccc(P(c2ccc(OC(F)(F)F)cc2Cc2ccccc2)c2ccc(OC(F)(F)F)cc2Cc2ccccc2)c(Cc2ccccc2)c1. The largest absolute Gasteiger partial charge is 0.573 e. The molecule has 55 heavy (non-hydrogen) atoms. The summed E-state index contributed by atoms with van der Waals surface area (Å²) in [4.78, 5) is 0. The molecule has 0 aliphatic carbocycles. The predicted molar refractivity (Wildman–Crippen MR) is 193 cm³/mol. The van der Waals surface area contributed by atoms with Gasteiger partial charge in [0.2, 0.25) is 0 Å². The molecule has 6 aromatic rings. The molecule has 0 aliphatic heterocycles. The molecule has 6 aromatic carbocycles. The summed E-state index contributed by atoms with van der Waals surface area (Å²) in [5.41, 5.74) is 3.42. The van der Waals surface area contributed by atoms with Crippen LogP contribution < -0.4 is 30.1 Å². The number of halogens is 9. The van der Waals surface area contributed by atoms with E-state index in [1.165, 1.54) is 36.4 Å². The zero-order valence-corrected chi connectivity index (χ0v) is 29.4. The fourth-order valence-electron chi connectivity index (χ4n) is 6.19. The van der Waals surface area contributed by atoms with Gasteiger partial charge in [-0.2, -0.15) is 0 Å². The molecule has 0 fully saturated rings. The summed E-state index contributed by atoms with van der Waals surface area (Å²) in [6, 6.07) is 38.4. The molecule has 0 unspecified atom stereocenters. The third-order valence-electron chi connectivity index (χ3n) is 8.29. The van der Waals surface area contributed by atoms with Crippen molar-refractivity contribution in [2.75, 3.05) is 0 Å². The van der Waals surface area contributed by atoms with Gasteiger partial charge in [0.25, 0.3) is 0 Å². The second-order valence-electron chi connectivity index (χ2n) is 12.3. The lowest BCUT2D eigenvalue weighted by Gasteiger charge is -2.28. The summed E-state index contributed by atoms with van der Waals surface area (Å²) in [6.07, 6.45) is -14.7. The van der Waals surface area contributed by atoms with Gasteiger partial charge < -0.3 is 14.2 Å². The Hall–Kier alpha value is -5.48. The molecule has 0 saturated carbocycles. The fraction of sp³-hybridized carbons (Fsp3) is 0.143. The van der Waals surface area contributed by atoms with E-state index in [1.54, 1.807) is 91.0 Å². The Balaban J connectivity index is 1.64. The second-order valence-corrected chi connectivity index (χ2v) is 14.5. The molecule has 13 heteroatoms. The first-order valence-corrected chi connectivity index (χ1v) is 18.0. The first kappa shape index (κ1) is 39.2. The maximum absolute atomic E-state index is 13.5. The lowest BCUT2D eigenvalue weighted by molar-refractivity contribution is -0.275. The number of ether oxygens (including phenoxy) is 3. The molecule has 0 saturated heterocycles. The summed E-state index contributed by atoms with van der Waals surface area (Å²) in [7, 11) is -1.94. The van der Waals surface area contributed by atoms with E-state index in [-0.39, 0.29) is 19.3 Å². The van der Waals surface area contributed by atoms with Crippen LogP contribution in [0.3, 0.4) is 0 Å². The van der Waals surface area contributed by atoms with Crippen LogP contribution in [0.25, 0.3) is 0 Å². The van der Waals surface area contributed by atoms with Crippen LogP contribution in [0, 0.1) is 0 Å². The van der Waals surface area contributed by atoms with E-state index < -0.39 is 44.3 Å². The minimum atomic E-state index is -5.01. The topological polar surface area (TPSA) is 27.7 Å². The van der Waals surface area contributed by atoms with Gasteiger partial charge in [-0.25, -0.2) is 0 Å². The maximum Gasteiger partial charge on any atom is 0.573 e. The van der Waals surface area contributed by atoms with Crippen molar-refractivity contribution in [3.05, 3.63) is 179 Å². The van der Waals surface area contributed by atoms with Crippen molar-refractivity contribution in [2.24, 2.45) is 0 Å². The van der Waals surface area contributed by atoms with Crippen LogP contribution in [0.2, 0.25) is 0 Å². The average molecular weight is 785 g/mol. The van der Waals surface area contributed by atoms with Gasteiger partial charge in [0.1, 0.15) is 17.2 Å². The molecule has 0 aromatic heterocycles. The van der Waals surface area contributed by atoms with E-state index in [9.17, 15) is 39.5 Å². The van der Waals surface area contributed by atoms with Crippen LogP contribution in [-0.2, 0) is 19.3 Å². The quantitative estimate of drug-likeness (QED) is 0.0914. The fourth-order valence-corrected chi connectivity index (χ4v) is 8.93. The van der Waals surface area contributed by atoms with Crippen molar-refractivity contribution in [3.63, 3.8) is 0 Å². The molecule has 0 N–H and O–H groups in total. The Bertz CT molecular complexity index is 1940. The number of rotatable bonds is 12. The van der Waals surface area contributed by atoms with Crippen LogP contribution in [-0.4, -0.2) is 19.1 Å². The van der Waals surface area contributed by atoms with Crippen molar-refractivity contribution >= 4 is 23.8 Å². The van der Waals surface area contributed by atoms with Crippen LogP contribution in [0.5, 0.6) is 17.2 Å². The van der Waals surface area contributed by atoms with Crippen molar-refractivity contribution < 1.29 is 53.7 Å². The number of hydrogen-bond donors (Lipinski definition) is 0. The minimum Gasteiger partial charge on any atom is -0.406 e. The highest BCUT2D eigenvalue weighted by atomic mass is 31.1. The summed E-state index contributed by atoms with van der Waals surface area (Å²) < 4.78 is 135. The molecule has 0 atom stereocenters. The second kappa shape index (κ2) is 16.5. The molecule has 0 spiro atoms. The first-order valence-electron chi connectivity index (χ1n) is 16.7. The van der Waals surface area contributed by atoms with Crippen LogP contribution in [0.15, 0.2) is 146 Å². The molecular formula is C42H30F9O3P. The first-order chi connectivity index (χ1) is 26.1. The monoisotopic (exact) mass is 784 g/mol. The van der Waals surface area contributed by atoms with E-state index in [4.69, 9.17) is 0 Å². The summed E-state index contributed by atoms with van der Waals surface area (Å²) in [6.45, 7) is 0. The van der Waals surface area contributed by atoms with Crippen LogP contribution in [0.4, 0.5) is 39.5 Å². The lowest BCUT2D eigenvalue weighted by Crippen LogP contribution is -2.29. The Kier molecular flexibility index (Phi) is 11.8.